The number of nitrogens with two attached hydrogens (primary N) is 1. The van der Waals surface area contributed by atoms with Gasteiger partial charge in [-0.25, -0.2) is 0 Å². The summed E-state index contributed by atoms with van der Waals surface area (Å²) in [5, 5.41) is 10.8. The minimum Gasteiger partial charge on any atom is -0.324 e. The molecule has 1 rings (SSSR count). The first kappa shape index (κ1) is 16.4. The zero-order valence-electron chi connectivity index (χ0n) is 9.72. The maximum atomic E-state index is 10.8. The van der Waals surface area contributed by atoms with E-state index < -0.39 is 4.92 Å². The zero-order valence-corrected chi connectivity index (χ0v) is 12.1. The van der Waals surface area contributed by atoms with Crippen molar-refractivity contribution in [3.63, 3.8) is 0 Å². The molecule has 0 saturated carbocycles. The molecule has 0 radical (unpaired) electrons. The molecule has 2 atom stereocenters. The number of rotatable bonds is 4. The Labute approximate surface area is 115 Å². The van der Waals surface area contributed by atoms with E-state index in [9.17, 15) is 10.1 Å². The Balaban J connectivity index is 0.00000256. The van der Waals surface area contributed by atoms with Gasteiger partial charge in [0.2, 0.25) is 0 Å². The SMILES string of the molecule is CCC(C)[C@H](N)c1ccc(Br)c([N+](=O)[O-])c1.Cl. The summed E-state index contributed by atoms with van der Waals surface area (Å²) in [6.07, 6.45) is 0.949. The lowest BCUT2D eigenvalue weighted by molar-refractivity contribution is -0.385. The fourth-order valence-corrected chi connectivity index (χ4v) is 1.85. The number of halogens is 2. The van der Waals surface area contributed by atoms with Gasteiger partial charge in [-0.3, -0.25) is 10.1 Å². The van der Waals surface area contributed by atoms with Crippen LogP contribution in [0.1, 0.15) is 31.9 Å². The van der Waals surface area contributed by atoms with Gasteiger partial charge in [0.15, 0.2) is 0 Å². The van der Waals surface area contributed by atoms with Gasteiger partial charge in [0.05, 0.1) is 9.40 Å². The van der Waals surface area contributed by atoms with Gasteiger partial charge in [-0.05, 0) is 33.5 Å². The third kappa shape index (κ3) is 3.94. The van der Waals surface area contributed by atoms with Crippen LogP contribution in [0.3, 0.4) is 0 Å². The average Bonchev–Trinajstić information content (AvgIpc) is 2.27. The molecule has 0 spiro atoms. The minimum atomic E-state index is -0.406. The summed E-state index contributed by atoms with van der Waals surface area (Å²) >= 11 is 3.15. The third-order valence-corrected chi connectivity index (χ3v) is 3.48. The normalized spacial score (nSPS) is 13.6. The van der Waals surface area contributed by atoms with Crippen LogP contribution in [0.2, 0.25) is 0 Å². The first-order valence-corrected chi connectivity index (χ1v) is 5.96. The van der Waals surface area contributed by atoms with Crippen molar-refractivity contribution in [2.75, 3.05) is 0 Å². The molecule has 4 nitrogen and oxygen atoms in total. The largest absolute Gasteiger partial charge is 0.324 e. The number of nitro benzene ring substituents is 1. The lowest BCUT2D eigenvalue weighted by atomic mass is 9.93. The van der Waals surface area contributed by atoms with Crippen molar-refractivity contribution < 1.29 is 4.92 Å². The first-order chi connectivity index (χ1) is 7.47. The van der Waals surface area contributed by atoms with Crippen molar-refractivity contribution in [1.29, 1.82) is 0 Å². The highest BCUT2D eigenvalue weighted by Gasteiger charge is 2.18. The summed E-state index contributed by atoms with van der Waals surface area (Å²) < 4.78 is 0.484. The summed E-state index contributed by atoms with van der Waals surface area (Å²) in [7, 11) is 0. The van der Waals surface area contributed by atoms with E-state index in [4.69, 9.17) is 5.73 Å². The van der Waals surface area contributed by atoms with Gasteiger partial charge in [-0.15, -0.1) is 12.4 Å². The highest BCUT2D eigenvalue weighted by molar-refractivity contribution is 9.10. The zero-order chi connectivity index (χ0) is 12.3. The van der Waals surface area contributed by atoms with E-state index in [2.05, 4.69) is 22.9 Å². The summed E-state index contributed by atoms with van der Waals surface area (Å²) in [4.78, 5) is 10.4. The second kappa shape index (κ2) is 6.93. The van der Waals surface area contributed by atoms with Crippen LogP contribution < -0.4 is 5.73 Å². The molecule has 2 N–H and O–H groups in total. The predicted octanol–water partition coefficient (Wildman–Crippen LogP) is 3.83. The van der Waals surface area contributed by atoms with Gasteiger partial charge in [0, 0.05) is 12.1 Å². The van der Waals surface area contributed by atoms with Crippen molar-refractivity contribution >= 4 is 34.0 Å². The molecular weight excluding hydrogens is 307 g/mol. The van der Waals surface area contributed by atoms with E-state index in [-0.39, 0.29) is 24.1 Å². The molecule has 0 amide bonds. The Bertz CT molecular complexity index is 401. The molecule has 0 aliphatic heterocycles. The topological polar surface area (TPSA) is 69.2 Å². The molecule has 0 aromatic heterocycles. The summed E-state index contributed by atoms with van der Waals surface area (Å²) in [6.45, 7) is 4.09. The molecule has 0 fully saturated rings. The predicted molar refractivity (Wildman–Crippen MR) is 74.4 cm³/mol. The monoisotopic (exact) mass is 322 g/mol. The van der Waals surface area contributed by atoms with Gasteiger partial charge < -0.3 is 5.73 Å². The molecule has 0 aliphatic carbocycles. The number of benzene rings is 1. The van der Waals surface area contributed by atoms with E-state index in [1.807, 2.05) is 13.0 Å². The molecule has 6 heteroatoms. The summed E-state index contributed by atoms with van der Waals surface area (Å²) in [5.74, 6) is 0.306. The van der Waals surface area contributed by atoms with Crippen LogP contribution in [0.4, 0.5) is 5.69 Å². The Morgan fingerprint density at radius 2 is 2.12 bits per heavy atom. The summed E-state index contributed by atoms with van der Waals surface area (Å²) in [6, 6.07) is 4.89. The standard InChI is InChI=1S/C11H15BrN2O2.ClH/c1-3-7(2)11(13)8-4-5-9(12)10(6-8)14(15)16;/h4-7,11H,3,13H2,1-2H3;1H/t7?,11-;/m0./s1. The first-order valence-electron chi connectivity index (χ1n) is 5.16. The van der Waals surface area contributed by atoms with E-state index in [1.165, 1.54) is 0 Å². The Kier molecular flexibility index (Phi) is 6.67. The smallest absolute Gasteiger partial charge is 0.283 e. The maximum absolute atomic E-state index is 10.8. The van der Waals surface area contributed by atoms with Gasteiger partial charge in [-0.1, -0.05) is 26.3 Å². The van der Waals surface area contributed by atoms with Gasteiger partial charge >= 0.3 is 0 Å². The lowest BCUT2D eigenvalue weighted by Crippen LogP contribution is -2.18. The van der Waals surface area contributed by atoms with Crippen LogP contribution in [-0.4, -0.2) is 4.92 Å². The molecule has 1 aromatic rings. The average molecular weight is 324 g/mol. The molecule has 0 aliphatic rings. The number of hydrogen-bond donors (Lipinski definition) is 1. The van der Waals surface area contributed by atoms with E-state index >= 15 is 0 Å². The number of nitro groups is 1. The fourth-order valence-electron chi connectivity index (χ4n) is 1.46. The molecular formula is C11H16BrClN2O2. The highest BCUT2D eigenvalue weighted by atomic mass is 79.9. The van der Waals surface area contributed by atoms with Crippen molar-refractivity contribution in [2.45, 2.75) is 26.3 Å². The Hall–Kier alpha value is -0.650. The fraction of sp³-hybridized carbons (Fsp3) is 0.455. The molecule has 96 valence electrons. The van der Waals surface area contributed by atoms with Crippen LogP contribution in [0, 0.1) is 16.0 Å². The van der Waals surface area contributed by atoms with E-state index in [1.54, 1.807) is 12.1 Å². The van der Waals surface area contributed by atoms with Crippen molar-refractivity contribution in [3.8, 4) is 0 Å². The highest BCUT2D eigenvalue weighted by Crippen LogP contribution is 2.30. The molecule has 1 aromatic carbocycles. The van der Waals surface area contributed by atoms with Gasteiger partial charge in [0.25, 0.3) is 5.69 Å². The van der Waals surface area contributed by atoms with E-state index in [0.29, 0.717) is 10.4 Å². The molecule has 0 bridgehead atoms. The number of hydrogen-bond acceptors (Lipinski definition) is 3. The summed E-state index contributed by atoms with van der Waals surface area (Å²) in [5.41, 5.74) is 6.91. The van der Waals surface area contributed by atoms with Crippen LogP contribution >= 0.6 is 28.3 Å². The minimum absolute atomic E-state index is 0. The molecule has 17 heavy (non-hydrogen) atoms. The van der Waals surface area contributed by atoms with Crippen LogP contribution in [0.15, 0.2) is 22.7 Å². The molecule has 0 heterocycles. The van der Waals surface area contributed by atoms with Crippen molar-refractivity contribution in [1.82, 2.24) is 0 Å². The van der Waals surface area contributed by atoms with Crippen LogP contribution in [0.25, 0.3) is 0 Å². The van der Waals surface area contributed by atoms with Gasteiger partial charge in [-0.2, -0.15) is 0 Å². The Morgan fingerprint density at radius 1 is 1.53 bits per heavy atom. The Morgan fingerprint density at radius 3 is 2.59 bits per heavy atom. The lowest BCUT2D eigenvalue weighted by Gasteiger charge is -2.18. The molecule has 1 unspecified atom stereocenters. The third-order valence-electron chi connectivity index (χ3n) is 2.81. The van der Waals surface area contributed by atoms with E-state index in [0.717, 1.165) is 12.0 Å². The molecule has 0 saturated heterocycles. The second-order valence-corrected chi connectivity index (χ2v) is 4.73. The maximum Gasteiger partial charge on any atom is 0.283 e. The van der Waals surface area contributed by atoms with Crippen LogP contribution in [-0.2, 0) is 0 Å². The van der Waals surface area contributed by atoms with Crippen molar-refractivity contribution in [3.05, 3.63) is 38.3 Å². The van der Waals surface area contributed by atoms with Gasteiger partial charge in [0.1, 0.15) is 0 Å². The van der Waals surface area contributed by atoms with Crippen molar-refractivity contribution in [2.24, 2.45) is 11.7 Å². The van der Waals surface area contributed by atoms with Crippen LogP contribution in [0.5, 0.6) is 0 Å². The number of nitrogens with zero attached hydrogens (tertiary/aromatic N) is 1. The quantitative estimate of drug-likeness (QED) is 0.676. The second-order valence-electron chi connectivity index (χ2n) is 3.88.